The molecule has 18 heavy (non-hydrogen) atoms. The highest BCUT2D eigenvalue weighted by Crippen LogP contribution is 2.29. The van der Waals surface area contributed by atoms with E-state index in [0.29, 0.717) is 12.6 Å². The lowest BCUT2D eigenvalue weighted by molar-refractivity contribution is -0.137. The van der Waals surface area contributed by atoms with Gasteiger partial charge in [-0.05, 0) is 24.6 Å². The van der Waals surface area contributed by atoms with E-state index < -0.39 is 11.7 Å². The van der Waals surface area contributed by atoms with E-state index in [-0.39, 0.29) is 0 Å². The maximum Gasteiger partial charge on any atom is 0.416 e. The molecule has 1 aromatic rings. The minimum absolute atomic E-state index is 0.438. The highest BCUT2D eigenvalue weighted by Gasteiger charge is 2.30. The molecule has 1 fully saturated rings. The molecule has 0 aliphatic carbocycles. The molecule has 1 aliphatic rings. The van der Waals surface area contributed by atoms with E-state index in [1.165, 1.54) is 0 Å². The van der Waals surface area contributed by atoms with Gasteiger partial charge in [0.25, 0.3) is 0 Å². The van der Waals surface area contributed by atoms with E-state index in [0.717, 1.165) is 37.3 Å². The number of halogens is 3. The topological polar surface area (TPSA) is 15.3 Å². The predicted octanol–water partition coefficient (Wildman–Crippen LogP) is 2.50. The number of benzene rings is 1. The average Bonchev–Trinajstić information content (AvgIpc) is 2.28. The summed E-state index contributed by atoms with van der Waals surface area (Å²) in [7, 11) is 0. The lowest BCUT2D eigenvalue weighted by Gasteiger charge is -2.31. The molecular weight excluding hydrogens is 241 g/mol. The first-order chi connectivity index (χ1) is 8.45. The fourth-order valence-electron chi connectivity index (χ4n) is 2.21. The van der Waals surface area contributed by atoms with Crippen LogP contribution in [0.2, 0.25) is 0 Å². The van der Waals surface area contributed by atoms with Crippen molar-refractivity contribution in [2.24, 2.45) is 0 Å². The zero-order valence-corrected chi connectivity index (χ0v) is 10.3. The Balaban J connectivity index is 1.98. The molecule has 1 atom stereocenters. The van der Waals surface area contributed by atoms with Crippen molar-refractivity contribution in [1.82, 2.24) is 10.2 Å². The van der Waals surface area contributed by atoms with E-state index in [1.54, 1.807) is 12.1 Å². The molecule has 2 rings (SSSR count). The minimum atomic E-state index is -4.25. The fraction of sp³-hybridized carbons (Fsp3) is 0.538. The first-order valence-electron chi connectivity index (χ1n) is 6.07. The van der Waals surface area contributed by atoms with Crippen LogP contribution in [0, 0.1) is 0 Å². The molecule has 5 heteroatoms. The molecule has 0 spiro atoms. The zero-order chi connectivity index (χ0) is 13.2. The van der Waals surface area contributed by atoms with Crippen molar-refractivity contribution in [2.45, 2.75) is 25.7 Å². The van der Waals surface area contributed by atoms with Gasteiger partial charge in [0.2, 0.25) is 0 Å². The van der Waals surface area contributed by atoms with Crippen molar-refractivity contribution < 1.29 is 13.2 Å². The van der Waals surface area contributed by atoms with Crippen molar-refractivity contribution in [2.75, 3.05) is 19.6 Å². The molecule has 1 saturated heterocycles. The van der Waals surface area contributed by atoms with Gasteiger partial charge in [-0.2, -0.15) is 13.2 Å². The van der Waals surface area contributed by atoms with Crippen LogP contribution in [0.15, 0.2) is 24.3 Å². The third-order valence-corrected chi connectivity index (χ3v) is 3.14. The van der Waals surface area contributed by atoms with Crippen LogP contribution in [-0.4, -0.2) is 30.6 Å². The smallest absolute Gasteiger partial charge is 0.312 e. The van der Waals surface area contributed by atoms with Crippen LogP contribution >= 0.6 is 0 Å². The third-order valence-electron chi connectivity index (χ3n) is 3.14. The Labute approximate surface area is 105 Å². The standard InChI is InChI=1S/C13H17F3N2/c1-10-8-18(7-6-17-10)9-11-2-4-12(5-3-11)13(14,15)16/h2-5,10,17H,6-9H2,1H3/t10-/m0/s1. The summed E-state index contributed by atoms with van der Waals surface area (Å²) >= 11 is 0. The van der Waals surface area contributed by atoms with Crippen LogP contribution in [-0.2, 0) is 12.7 Å². The van der Waals surface area contributed by atoms with Crippen LogP contribution < -0.4 is 5.32 Å². The largest absolute Gasteiger partial charge is 0.416 e. The molecule has 1 heterocycles. The van der Waals surface area contributed by atoms with Gasteiger partial charge in [-0.1, -0.05) is 12.1 Å². The van der Waals surface area contributed by atoms with Gasteiger partial charge in [-0.15, -0.1) is 0 Å². The van der Waals surface area contributed by atoms with Crippen LogP contribution in [0.5, 0.6) is 0 Å². The highest BCUT2D eigenvalue weighted by molar-refractivity contribution is 5.24. The second kappa shape index (κ2) is 5.28. The molecule has 0 unspecified atom stereocenters. The quantitative estimate of drug-likeness (QED) is 0.876. The van der Waals surface area contributed by atoms with E-state index in [9.17, 15) is 13.2 Å². The molecule has 0 bridgehead atoms. The van der Waals surface area contributed by atoms with Gasteiger partial charge in [0.15, 0.2) is 0 Å². The summed E-state index contributed by atoms with van der Waals surface area (Å²) in [6.45, 7) is 5.62. The van der Waals surface area contributed by atoms with Gasteiger partial charge >= 0.3 is 6.18 Å². The van der Waals surface area contributed by atoms with Gasteiger partial charge in [-0.25, -0.2) is 0 Å². The molecule has 0 saturated carbocycles. The molecule has 0 amide bonds. The summed E-state index contributed by atoms with van der Waals surface area (Å²) < 4.78 is 37.2. The van der Waals surface area contributed by atoms with Gasteiger partial charge < -0.3 is 5.32 Å². The van der Waals surface area contributed by atoms with E-state index >= 15 is 0 Å². The molecule has 1 N–H and O–H groups in total. The summed E-state index contributed by atoms with van der Waals surface area (Å²) in [5.74, 6) is 0. The Morgan fingerprint density at radius 2 is 1.94 bits per heavy atom. The second-order valence-electron chi connectivity index (χ2n) is 4.78. The minimum Gasteiger partial charge on any atom is -0.312 e. The summed E-state index contributed by atoms with van der Waals surface area (Å²) in [5, 5.41) is 3.34. The normalized spacial score (nSPS) is 22.1. The molecule has 1 aliphatic heterocycles. The van der Waals surface area contributed by atoms with Crippen molar-refractivity contribution in [3.8, 4) is 0 Å². The van der Waals surface area contributed by atoms with Gasteiger partial charge in [0.1, 0.15) is 0 Å². The monoisotopic (exact) mass is 258 g/mol. The zero-order valence-electron chi connectivity index (χ0n) is 10.3. The van der Waals surface area contributed by atoms with Crippen LogP contribution in [0.1, 0.15) is 18.1 Å². The molecule has 1 aromatic carbocycles. The van der Waals surface area contributed by atoms with E-state index in [4.69, 9.17) is 0 Å². The predicted molar refractivity (Wildman–Crippen MR) is 64.2 cm³/mol. The Morgan fingerprint density at radius 3 is 2.50 bits per heavy atom. The first kappa shape index (κ1) is 13.4. The van der Waals surface area contributed by atoms with E-state index in [1.807, 2.05) is 0 Å². The number of hydrogen-bond acceptors (Lipinski definition) is 2. The SMILES string of the molecule is C[C@H]1CN(Cc2ccc(C(F)(F)F)cc2)CCN1. The maximum absolute atomic E-state index is 12.4. The maximum atomic E-state index is 12.4. The Hall–Kier alpha value is -1.07. The number of nitrogens with one attached hydrogen (secondary N) is 1. The molecule has 2 nitrogen and oxygen atoms in total. The number of alkyl halides is 3. The molecule has 0 radical (unpaired) electrons. The van der Waals surface area contributed by atoms with Crippen LogP contribution in [0.25, 0.3) is 0 Å². The Morgan fingerprint density at radius 1 is 1.28 bits per heavy atom. The number of hydrogen-bond donors (Lipinski definition) is 1. The first-order valence-corrected chi connectivity index (χ1v) is 6.07. The third kappa shape index (κ3) is 3.46. The molecule has 0 aromatic heterocycles. The van der Waals surface area contributed by atoms with Gasteiger partial charge in [-0.3, -0.25) is 4.90 Å². The number of piperazine rings is 1. The van der Waals surface area contributed by atoms with Crippen molar-refractivity contribution in [3.05, 3.63) is 35.4 Å². The van der Waals surface area contributed by atoms with Crippen molar-refractivity contribution in [1.29, 1.82) is 0 Å². The van der Waals surface area contributed by atoms with Crippen LogP contribution in [0.4, 0.5) is 13.2 Å². The summed E-state index contributed by atoms with van der Waals surface area (Å²) in [4.78, 5) is 2.25. The summed E-state index contributed by atoms with van der Waals surface area (Å²) in [6.07, 6.45) is -4.25. The lowest BCUT2D eigenvalue weighted by Crippen LogP contribution is -2.48. The average molecular weight is 258 g/mol. The molecule has 100 valence electrons. The van der Waals surface area contributed by atoms with E-state index in [2.05, 4.69) is 17.1 Å². The Bertz CT molecular complexity index is 386. The number of nitrogens with zero attached hydrogens (tertiary/aromatic N) is 1. The van der Waals surface area contributed by atoms with Crippen LogP contribution in [0.3, 0.4) is 0 Å². The van der Waals surface area contributed by atoms with Crippen molar-refractivity contribution in [3.63, 3.8) is 0 Å². The van der Waals surface area contributed by atoms with Crippen molar-refractivity contribution >= 4 is 0 Å². The Kier molecular flexibility index (Phi) is 3.92. The number of rotatable bonds is 2. The van der Waals surface area contributed by atoms with Gasteiger partial charge in [0, 0.05) is 32.2 Å². The lowest BCUT2D eigenvalue weighted by atomic mass is 10.1. The second-order valence-corrected chi connectivity index (χ2v) is 4.78. The van der Waals surface area contributed by atoms with Gasteiger partial charge in [0.05, 0.1) is 5.56 Å². The molecular formula is C13H17F3N2. The highest BCUT2D eigenvalue weighted by atomic mass is 19.4. The fourth-order valence-corrected chi connectivity index (χ4v) is 2.21. The summed E-state index contributed by atoms with van der Waals surface area (Å²) in [6, 6.07) is 5.88. The summed E-state index contributed by atoms with van der Waals surface area (Å²) in [5.41, 5.74) is 0.344.